The van der Waals surface area contributed by atoms with Crippen LogP contribution in [-0.4, -0.2) is 72.8 Å². The number of amides is 2. The summed E-state index contributed by atoms with van der Waals surface area (Å²) in [6, 6.07) is 5.20. The van der Waals surface area contributed by atoms with Crippen molar-refractivity contribution in [3.8, 4) is 0 Å². The molecule has 0 aromatic heterocycles. The predicted molar refractivity (Wildman–Crippen MR) is 112 cm³/mol. The minimum atomic E-state index is -4.45. The molecule has 0 saturated carbocycles. The van der Waals surface area contributed by atoms with Gasteiger partial charge in [-0.25, -0.2) is 0 Å². The van der Waals surface area contributed by atoms with Crippen molar-refractivity contribution in [1.29, 1.82) is 0 Å². The van der Waals surface area contributed by atoms with E-state index in [4.69, 9.17) is 0 Å². The van der Waals surface area contributed by atoms with Gasteiger partial charge in [0, 0.05) is 51.6 Å². The summed E-state index contributed by atoms with van der Waals surface area (Å²) in [4.78, 5) is 31.8. The molecule has 0 bridgehead atoms. The summed E-state index contributed by atoms with van der Waals surface area (Å²) >= 11 is 0. The van der Waals surface area contributed by atoms with Gasteiger partial charge in [0.25, 0.3) is 0 Å². The Morgan fingerprint density at radius 3 is 2.23 bits per heavy atom. The Morgan fingerprint density at radius 2 is 1.65 bits per heavy atom. The smallest absolute Gasteiger partial charge is 0.341 e. The van der Waals surface area contributed by atoms with Crippen molar-refractivity contribution in [1.82, 2.24) is 14.7 Å². The predicted octanol–water partition coefficient (Wildman–Crippen LogP) is 3.46. The van der Waals surface area contributed by atoms with Gasteiger partial charge in [-0.2, -0.15) is 13.2 Å². The van der Waals surface area contributed by atoms with Gasteiger partial charge in [-0.3, -0.25) is 9.59 Å². The molecule has 1 aromatic rings. The fraction of sp³-hybridized carbons (Fsp3) is 0.652. The van der Waals surface area contributed by atoms with Gasteiger partial charge in [-0.1, -0.05) is 39.0 Å². The molecular formula is C23H32F3N3O2. The second-order valence-electron chi connectivity index (χ2n) is 10.0. The molecule has 2 fully saturated rings. The zero-order chi connectivity index (χ0) is 23.0. The largest absolute Gasteiger partial charge is 0.416 e. The Labute approximate surface area is 182 Å². The van der Waals surface area contributed by atoms with Crippen molar-refractivity contribution in [3.05, 3.63) is 35.4 Å². The molecule has 0 N–H and O–H groups in total. The molecule has 0 spiro atoms. The number of halogens is 3. The fourth-order valence-corrected chi connectivity index (χ4v) is 4.37. The van der Waals surface area contributed by atoms with Gasteiger partial charge >= 0.3 is 6.18 Å². The first-order valence-corrected chi connectivity index (χ1v) is 10.8. The highest BCUT2D eigenvalue weighted by atomic mass is 19.4. The van der Waals surface area contributed by atoms with Gasteiger partial charge in [-0.15, -0.1) is 0 Å². The molecule has 31 heavy (non-hydrogen) atoms. The molecule has 0 unspecified atom stereocenters. The molecular weight excluding hydrogens is 407 g/mol. The SMILES string of the molecule is CN1CCN(C(=O)[C@@H]2CN(C(=O)CC(C)(C)C)C[C@@H]2c2cccc(C(F)(F)F)c2)CC1. The molecule has 2 amide bonds. The first-order valence-electron chi connectivity index (χ1n) is 10.8. The van der Waals surface area contributed by atoms with Crippen LogP contribution >= 0.6 is 0 Å². The number of alkyl halides is 3. The van der Waals surface area contributed by atoms with Crippen LogP contribution in [0, 0.1) is 11.3 Å². The van der Waals surface area contributed by atoms with Crippen LogP contribution in [0.2, 0.25) is 0 Å². The van der Waals surface area contributed by atoms with Gasteiger partial charge in [0.15, 0.2) is 0 Å². The number of likely N-dealkylation sites (tertiary alicyclic amines) is 1. The van der Waals surface area contributed by atoms with E-state index in [0.29, 0.717) is 25.1 Å². The lowest BCUT2D eigenvalue weighted by Gasteiger charge is -2.35. The van der Waals surface area contributed by atoms with Crippen LogP contribution in [0.5, 0.6) is 0 Å². The van der Waals surface area contributed by atoms with Gasteiger partial charge < -0.3 is 14.7 Å². The Hall–Kier alpha value is -2.09. The third-order valence-electron chi connectivity index (χ3n) is 6.13. The molecule has 0 radical (unpaired) electrons. The molecule has 172 valence electrons. The molecule has 5 nitrogen and oxygen atoms in total. The van der Waals surface area contributed by atoms with E-state index in [0.717, 1.165) is 25.2 Å². The number of hydrogen-bond acceptors (Lipinski definition) is 3. The van der Waals surface area contributed by atoms with Crippen molar-refractivity contribution in [3.63, 3.8) is 0 Å². The van der Waals surface area contributed by atoms with E-state index in [-0.39, 0.29) is 30.3 Å². The highest BCUT2D eigenvalue weighted by molar-refractivity contribution is 5.83. The summed E-state index contributed by atoms with van der Waals surface area (Å²) in [5, 5.41) is 0. The minimum Gasteiger partial charge on any atom is -0.341 e. The Balaban J connectivity index is 1.88. The van der Waals surface area contributed by atoms with E-state index in [1.807, 2.05) is 27.8 Å². The summed E-state index contributed by atoms with van der Waals surface area (Å²) in [6.45, 7) is 9.14. The fourth-order valence-electron chi connectivity index (χ4n) is 4.37. The highest BCUT2D eigenvalue weighted by Gasteiger charge is 2.43. The van der Waals surface area contributed by atoms with E-state index in [2.05, 4.69) is 4.90 Å². The second kappa shape index (κ2) is 8.81. The first-order chi connectivity index (χ1) is 14.3. The molecule has 2 saturated heterocycles. The van der Waals surface area contributed by atoms with Crippen molar-refractivity contribution in [2.45, 2.75) is 39.3 Å². The van der Waals surface area contributed by atoms with E-state index in [1.165, 1.54) is 6.07 Å². The lowest BCUT2D eigenvalue weighted by atomic mass is 9.87. The van der Waals surface area contributed by atoms with Crippen molar-refractivity contribution in [2.75, 3.05) is 46.3 Å². The minimum absolute atomic E-state index is 0.0573. The molecule has 3 rings (SSSR count). The maximum Gasteiger partial charge on any atom is 0.416 e. The number of piperazine rings is 1. The average Bonchev–Trinajstić information content (AvgIpc) is 3.12. The topological polar surface area (TPSA) is 43.9 Å². The standard InChI is InChI=1S/C23H32F3N3O2/c1-22(2,3)13-20(30)29-14-18(16-6-5-7-17(12-16)23(24,25)26)19(15-29)21(31)28-10-8-27(4)9-11-28/h5-7,12,18-19H,8-11,13-15H2,1-4H3/t18-,19-/m1/s1. The average molecular weight is 440 g/mol. The number of hydrogen-bond donors (Lipinski definition) is 0. The first kappa shape index (κ1) is 23.6. The lowest BCUT2D eigenvalue weighted by molar-refractivity contribution is -0.138. The van der Waals surface area contributed by atoms with Gasteiger partial charge in [-0.05, 0) is 24.1 Å². The Morgan fingerprint density at radius 1 is 1.00 bits per heavy atom. The third-order valence-corrected chi connectivity index (χ3v) is 6.13. The van der Waals surface area contributed by atoms with Crippen molar-refractivity contribution in [2.24, 2.45) is 11.3 Å². The normalized spacial score (nSPS) is 23.3. The number of nitrogens with zero attached hydrogens (tertiary/aromatic N) is 3. The molecule has 8 heteroatoms. The molecule has 2 aliphatic rings. The molecule has 0 aliphatic carbocycles. The van der Waals surface area contributed by atoms with Crippen LogP contribution in [0.15, 0.2) is 24.3 Å². The van der Waals surface area contributed by atoms with Gasteiger partial charge in [0.05, 0.1) is 11.5 Å². The number of carbonyl (C=O) groups excluding carboxylic acids is 2. The van der Waals surface area contributed by atoms with E-state index in [9.17, 15) is 22.8 Å². The molecule has 2 heterocycles. The highest BCUT2D eigenvalue weighted by Crippen LogP contribution is 2.38. The third kappa shape index (κ3) is 5.79. The molecule has 1 aromatic carbocycles. The van der Waals surface area contributed by atoms with Crippen LogP contribution in [-0.2, 0) is 15.8 Å². The Kier molecular flexibility index (Phi) is 6.69. The van der Waals surface area contributed by atoms with E-state index >= 15 is 0 Å². The van der Waals surface area contributed by atoms with Crippen molar-refractivity contribution < 1.29 is 22.8 Å². The van der Waals surface area contributed by atoms with Crippen LogP contribution in [0.4, 0.5) is 13.2 Å². The maximum absolute atomic E-state index is 13.4. The molecule has 2 aliphatic heterocycles. The number of benzene rings is 1. The summed E-state index contributed by atoms with van der Waals surface area (Å²) < 4.78 is 39.9. The summed E-state index contributed by atoms with van der Waals surface area (Å²) in [5.74, 6) is -1.10. The zero-order valence-corrected chi connectivity index (χ0v) is 18.7. The van der Waals surface area contributed by atoms with Crippen LogP contribution < -0.4 is 0 Å². The lowest BCUT2D eigenvalue weighted by Crippen LogP contribution is -2.50. The van der Waals surface area contributed by atoms with Crippen LogP contribution in [0.25, 0.3) is 0 Å². The number of likely N-dealkylation sites (N-methyl/N-ethyl adjacent to an activating group) is 1. The summed E-state index contributed by atoms with van der Waals surface area (Å²) in [7, 11) is 2.00. The number of rotatable bonds is 3. The summed E-state index contributed by atoms with van der Waals surface area (Å²) in [6.07, 6.45) is -4.12. The monoisotopic (exact) mass is 439 g/mol. The van der Waals surface area contributed by atoms with Crippen LogP contribution in [0.3, 0.4) is 0 Å². The summed E-state index contributed by atoms with van der Waals surface area (Å²) in [5.41, 5.74) is -0.467. The van der Waals surface area contributed by atoms with Crippen LogP contribution in [0.1, 0.15) is 44.2 Å². The van der Waals surface area contributed by atoms with Gasteiger partial charge in [0.2, 0.25) is 11.8 Å². The number of carbonyl (C=O) groups is 2. The Bertz CT molecular complexity index is 811. The van der Waals surface area contributed by atoms with Crippen molar-refractivity contribution >= 4 is 11.8 Å². The van der Waals surface area contributed by atoms with Gasteiger partial charge in [0.1, 0.15) is 0 Å². The van der Waals surface area contributed by atoms with E-state index in [1.54, 1.807) is 15.9 Å². The maximum atomic E-state index is 13.4. The second-order valence-corrected chi connectivity index (χ2v) is 10.0. The quantitative estimate of drug-likeness (QED) is 0.725. The zero-order valence-electron chi connectivity index (χ0n) is 18.7. The van der Waals surface area contributed by atoms with E-state index < -0.39 is 23.6 Å². The molecule has 2 atom stereocenters.